The highest BCUT2D eigenvalue weighted by Gasteiger charge is 2.21. The smallest absolute Gasteiger partial charge is 0.194 e. The Morgan fingerprint density at radius 3 is 2.14 bits per heavy atom. The summed E-state index contributed by atoms with van der Waals surface area (Å²) >= 11 is 0. The zero-order chi connectivity index (χ0) is 15.2. The first-order valence-corrected chi connectivity index (χ1v) is 7.87. The van der Waals surface area contributed by atoms with Crippen LogP contribution in [-0.4, -0.2) is 6.61 Å². The lowest BCUT2D eigenvalue weighted by molar-refractivity contribution is 0.177. The Hall–Kier alpha value is -1.19. The van der Waals surface area contributed by atoms with Gasteiger partial charge in [-0.25, -0.2) is 13.2 Å². The Labute approximate surface area is 124 Å². The zero-order valence-electron chi connectivity index (χ0n) is 12.5. The summed E-state index contributed by atoms with van der Waals surface area (Å²) < 4.78 is 44.4. The van der Waals surface area contributed by atoms with E-state index in [9.17, 15) is 13.2 Å². The van der Waals surface area contributed by atoms with Crippen LogP contribution in [0.2, 0.25) is 0 Å². The molecule has 1 saturated carbocycles. The molecule has 0 radical (unpaired) electrons. The van der Waals surface area contributed by atoms with Gasteiger partial charge in [-0.2, -0.15) is 0 Å². The van der Waals surface area contributed by atoms with Crippen molar-refractivity contribution in [2.45, 2.75) is 51.9 Å². The molecule has 0 aromatic heterocycles. The summed E-state index contributed by atoms with van der Waals surface area (Å²) in [5.41, 5.74) is 0. The van der Waals surface area contributed by atoms with E-state index in [0.717, 1.165) is 30.9 Å². The molecule has 1 aromatic carbocycles. The lowest BCUT2D eigenvalue weighted by atomic mass is 9.80. The molecule has 1 nitrogen and oxygen atoms in total. The minimum atomic E-state index is -1.45. The summed E-state index contributed by atoms with van der Waals surface area (Å²) in [6.45, 7) is 2.66. The highest BCUT2D eigenvalue weighted by atomic mass is 19.2. The van der Waals surface area contributed by atoms with Crippen molar-refractivity contribution < 1.29 is 17.9 Å². The first kappa shape index (κ1) is 16.2. The highest BCUT2D eigenvalue weighted by Crippen LogP contribution is 2.32. The summed E-state index contributed by atoms with van der Waals surface area (Å²) in [5, 5.41) is 0. The molecule has 0 bridgehead atoms. The maximum atomic E-state index is 13.1. The van der Waals surface area contributed by atoms with Crippen molar-refractivity contribution in [1.82, 2.24) is 0 Å². The third-order valence-corrected chi connectivity index (χ3v) is 4.38. The second-order valence-electron chi connectivity index (χ2n) is 6.04. The average molecular weight is 300 g/mol. The van der Waals surface area contributed by atoms with Gasteiger partial charge >= 0.3 is 0 Å². The van der Waals surface area contributed by atoms with Crippen LogP contribution in [0.15, 0.2) is 12.1 Å². The SMILES string of the molecule is CCCCC1CCC(COc2cc(F)c(F)c(F)c2)CC1. The maximum absolute atomic E-state index is 13.1. The van der Waals surface area contributed by atoms with Crippen molar-refractivity contribution in [3.8, 4) is 5.75 Å². The first-order chi connectivity index (χ1) is 10.1. The fourth-order valence-electron chi connectivity index (χ4n) is 3.01. The standard InChI is InChI=1S/C17H23F3O/c1-2-3-4-12-5-7-13(8-6-12)11-21-14-9-15(18)17(20)16(19)10-14/h9-10,12-13H,2-8,11H2,1H3. The van der Waals surface area contributed by atoms with Crippen molar-refractivity contribution in [3.63, 3.8) is 0 Å². The Morgan fingerprint density at radius 2 is 1.57 bits per heavy atom. The predicted molar refractivity (Wildman–Crippen MR) is 76.8 cm³/mol. The third-order valence-electron chi connectivity index (χ3n) is 4.38. The number of unbranched alkanes of at least 4 members (excludes halogenated alkanes) is 1. The van der Waals surface area contributed by atoms with E-state index < -0.39 is 17.5 Å². The minimum Gasteiger partial charge on any atom is -0.493 e. The molecule has 4 heteroatoms. The van der Waals surface area contributed by atoms with E-state index in [0.29, 0.717) is 12.5 Å². The molecular formula is C17H23F3O. The van der Waals surface area contributed by atoms with Gasteiger partial charge in [-0.3, -0.25) is 0 Å². The molecule has 1 aliphatic carbocycles. The molecule has 21 heavy (non-hydrogen) atoms. The largest absolute Gasteiger partial charge is 0.493 e. The molecule has 0 heterocycles. The van der Waals surface area contributed by atoms with Crippen molar-refractivity contribution in [1.29, 1.82) is 0 Å². The van der Waals surface area contributed by atoms with Gasteiger partial charge in [0.2, 0.25) is 0 Å². The molecule has 0 spiro atoms. The summed E-state index contributed by atoms with van der Waals surface area (Å²) in [6.07, 6.45) is 8.45. The monoisotopic (exact) mass is 300 g/mol. The van der Waals surface area contributed by atoms with Crippen LogP contribution in [0.1, 0.15) is 51.9 Å². The van der Waals surface area contributed by atoms with Crippen LogP contribution in [0, 0.1) is 29.3 Å². The molecule has 0 N–H and O–H groups in total. The van der Waals surface area contributed by atoms with Crippen molar-refractivity contribution in [2.75, 3.05) is 6.61 Å². The Bertz CT molecular complexity index is 430. The van der Waals surface area contributed by atoms with E-state index in [1.165, 1.54) is 32.1 Å². The molecule has 2 rings (SSSR count). The highest BCUT2D eigenvalue weighted by molar-refractivity contribution is 5.25. The number of ether oxygens (including phenoxy) is 1. The second kappa shape index (κ2) is 7.71. The van der Waals surface area contributed by atoms with E-state index in [-0.39, 0.29) is 5.75 Å². The summed E-state index contributed by atoms with van der Waals surface area (Å²) in [7, 11) is 0. The van der Waals surface area contributed by atoms with Crippen molar-refractivity contribution in [2.24, 2.45) is 11.8 Å². The van der Waals surface area contributed by atoms with Gasteiger partial charge in [0, 0.05) is 12.1 Å². The minimum absolute atomic E-state index is 0.0690. The Morgan fingerprint density at radius 1 is 1.00 bits per heavy atom. The topological polar surface area (TPSA) is 9.23 Å². The van der Waals surface area contributed by atoms with Crippen LogP contribution in [-0.2, 0) is 0 Å². The summed E-state index contributed by atoms with van der Waals surface area (Å²) in [6, 6.07) is 1.82. The molecule has 0 aliphatic heterocycles. The summed E-state index contributed by atoms with van der Waals surface area (Å²) in [5.74, 6) is -2.53. The summed E-state index contributed by atoms with van der Waals surface area (Å²) in [4.78, 5) is 0. The molecule has 1 fully saturated rings. The number of hydrogen-bond donors (Lipinski definition) is 0. The maximum Gasteiger partial charge on any atom is 0.194 e. The molecule has 1 aromatic rings. The molecule has 1 aliphatic rings. The fraction of sp³-hybridized carbons (Fsp3) is 0.647. The van der Waals surface area contributed by atoms with Gasteiger partial charge in [0.05, 0.1) is 6.61 Å². The predicted octanol–water partition coefficient (Wildman–Crippen LogP) is 5.48. The van der Waals surface area contributed by atoms with E-state index in [1.54, 1.807) is 0 Å². The van der Waals surface area contributed by atoms with Gasteiger partial charge in [0.1, 0.15) is 5.75 Å². The Kier molecular flexibility index (Phi) is 5.95. The number of halogens is 3. The van der Waals surface area contributed by atoms with Crippen LogP contribution >= 0.6 is 0 Å². The molecule has 118 valence electrons. The fourth-order valence-corrected chi connectivity index (χ4v) is 3.01. The van der Waals surface area contributed by atoms with Crippen LogP contribution < -0.4 is 4.74 Å². The molecule has 0 saturated heterocycles. The lowest BCUT2D eigenvalue weighted by Gasteiger charge is -2.28. The van der Waals surface area contributed by atoms with Crippen LogP contribution in [0.4, 0.5) is 13.2 Å². The van der Waals surface area contributed by atoms with E-state index in [4.69, 9.17) is 4.74 Å². The molecule has 0 amide bonds. The van der Waals surface area contributed by atoms with Crippen LogP contribution in [0.25, 0.3) is 0 Å². The quantitative estimate of drug-likeness (QED) is 0.632. The van der Waals surface area contributed by atoms with Gasteiger partial charge in [-0.05, 0) is 24.7 Å². The van der Waals surface area contributed by atoms with Gasteiger partial charge in [-0.1, -0.05) is 39.0 Å². The van der Waals surface area contributed by atoms with Gasteiger partial charge in [0.25, 0.3) is 0 Å². The van der Waals surface area contributed by atoms with Gasteiger partial charge in [0.15, 0.2) is 17.5 Å². The lowest BCUT2D eigenvalue weighted by Crippen LogP contribution is -2.20. The van der Waals surface area contributed by atoms with E-state index in [2.05, 4.69) is 6.92 Å². The normalized spacial score (nSPS) is 22.3. The van der Waals surface area contributed by atoms with Gasteiger partial charge in [-0.15, -0.1) is 0 Å². The number of hydrogen-bond acceptors (Lipinski definition) is 1. The van der Waals surface area contributed by atoms with Gasteiger partial charge < -0.3 is 4.74 Å². The number of benzene rings is 1. The molecule has 0 atom stereocenters. The average Bonchev–Trinajstić information content (AvgIpc) is 2.49. The number of rotatable bonds is 6. The Balaban J connectivity index is 1.77. The van der Waals surface area contributed by atoms with Crippen LogP contribution in [0.5, 0.6) is 5.75 Å². The van der Waals surface area contributed by atoms with E-state index >= 15 is 0 Å². The van der Waals surface area contributed by atoms with Crippen molar-refractivity contribution in [3.05, 3.63) is 29.6 Å². The van der Waals surface area contributed by atoms with Crippen molar-refractivity contribution >= 4 is 0 Å². The second-order valence-corrected chi connectivity index (χ2v) is 6.04. The van der Waals surface area contributed by atoms with E-state index in [1.807, 2.05) is 0 Å². The van der Waals surface area contributed by atoms with Crippen LogP contribution in [0.3, 0.4) is 0 Å². The molecular weight excluding hydrogens is 277 g/mol. The zero-order valence-corrected chi connectivity index (χ0v) is 12.5. The first-order valence-electron chi connectivity index (χ1n) is 7.87. The molecule has 0 unspecified atom stereocenters. The third kappa shape index (κ3) is 4.65.